The number of rotatable bonds is 6. The molecule has 0 spiro atoms. The molecule has 1 fully saturated rings. The molecule has 0 unspecified atom stereocenters. The van der Waals surface area contributed by atoms with Crippen LogP contribution < -0.4 is 10.6 Å². The van der Waals surface area contributed by atoms with Gasteiger partial charge in [-0.2, -0.15) is 0 Å². The molecule has 25 heavy (non-hydrogen) atoms. The molecule has 1 amide bonds. The number of likely N-dealkylation sites (N-methyl/N-ethyl adjacent to an activating group) is 1. The SMILES string of the molecule is CCc1ccccc1CN=C(NCC(=O)N(C)C)NC1CCCC1.I. The van der Waals surface area contributed by atoms with Gasteiger partial charge >= 0.3 is 0 Å². The monoisotopic (exact) mass is 458 g/mol. The summed E-state index contributed by atoms with van der Waals surface area (Å²) < 4.78 is 0. The van der Waals surface area contributed by atoms with Gasteiger partial charge in [0.05, 0.1) is 13.1 Å². The number of benzene rings is 1. The number of guanidine groups is 1. The molecule has 0 aliphatic heterocycles. The molecular formula is C19H31IN4O. The van der Waals surface area contributed by atoms with Gasteiger partial charge in [-0.1, -0.05) is 44.0 Å². The van der Waals surface area contributed by atoms with Crippen LogP contribution in [-0.2, 0) is 17.8 Å². The third-order valence-electron chi connectivity index (χ3n) is 4.51. The third kappa shape index (κ3) is 7.22. The molecule has 0 atom stereocenters. The highest BCUT2D eigenvalue weighted by molar-refractivity contribution is 14.0. The highest BCUT2D eigenvalue weighted by atomic mass is 127. The first kappa shape index (κ1) is 21.7. The lowest BCUT2D eigenvalue weighted by Crippen LogP contribution is -2.46. The van der Waals surface area contributed by atoms with Crippen LogP contribution in [0.3, 0.4) is 0 Å². The van der Waals surface area contributed by atoms with Crippen LogP contribution in [0.1, 0.15) is 43.7 Å². The molecule has 2 N–H and O–H groups in total. The van der Waals surface area contributed by atoms with E-state index in [1.807, 2.05) is 0 Å². The maximum absolute atomic E-state index is 11.8. The molecule has 0 radical (unpaired) electrons. The lowest BCUT2D eigenvalue weighted by Gasteiger charge is -2.18. The van der Waals surface area contributed by atoms with Crippen molar-refractivity contribution in [2.24, 2.45) is 4.99 Å². The fraction of sp³-hybridized carbons (Fsp3) is 0.579. The van der Waals surface area contributed by atoms with Crippen molar-refractivity contribution in [2.75, 3.05) is 20.6 Å². The maximum atomic E-state index is 11.8. The minimum Gasteiger partial charge on any atom is -0.354 e. The molecule has 140 valence electrons. The highest BCUT2D eigenvalue weighted by Crippen LogP contribution is 2.17. The van der Waals surface area contributed by atoms with Gasteiger partial charge in [0.15, 0.2) is 5.96 Å². The lowest BCUT2D eigenvalue weighted by molar-refractivity contribution is -0.127. The summed E-state index contributed by atoms with van der Waals surface area (Å²) in [5, 5.41) is 6.67. The van der Waals surface area contributed by atoms with E-state index >= 15 is 0 Å². The zero-order chi connectivity index (χ0) is 17.4. The number of nitrogens with one attached hydrogen (secondary N) is 2. The van der Waals surface area contributed by atoms with Crippen LogP contribution in [0, 0.1) is 0 Å². The van der Waals surface area contributed by atoms with E-state index in [2.05, 4.69) is 41.8 Å². The van der Waals surface area contributed by atoms with Crippen LogP contribution in [0.25, 0.3) is 0 Å². The standard InChI is InChI=1S/C19H30N4O.HI/c1-4-15-9-5-6-10-16(15)13-20-19(21-14-18(24)23(2)3)22-17-11-7-8-12-17;/h5-6,9-10,17H,4,7-8,11-14H2,1-3H3,(H2,20,21,22);1H. The van der Waals surface area contributed by atoms with Crippen molar-refractivity contribution >= 4 is 35.8 Å². The molecule has 0 aromatic heterocycles. The number of hydrogen-bond donors (Lipinski definition) is 2. The number of carbonyl (C=O) groups excluding carboxylic acids is 1. The van der Waals surface area contributed by atoms with Gasteiger partial charge in [-0.3, -0.25) is 4.79 Å². The molecule has 2 rings (SSSR count). The summed E-state index contributed by atoms with van der Waals surface area (Å²) >= 11 is 0. The van der Waals surface area contributed by atoms with Crippen molar-refractivity contribution in [1.29, 1.82) is 0 Å². The average Bonchev–Trinajstić information content (AvgIpc) is 3.10. The van der Waals surface area contributed by atoms with Gasteiger partial charge in [0.2, 0.25) is 5.91 Å². The molecule has 1 saturated carbocycles. The van der Waals surface area contributed by atoms with E-state index in [0.717, 1.165) is 12.4 Å². The van der Waals surface area contributed by atoms with Crippen molar-refractivity contribution < 1.29 is 4.79 Å². The number of aliphatic imine (C=N–C) groups is 1. The fourth-order valence-electron chi connectivity index (χ4n) is 2.95. The van der Waals surface area contributed by atoms with Crippen LogP contribution in [0.2, 0.25) is 0 Å². The van der Waals surface area contributed by atoms with Gasteiger partial charge < -0.3 is 15.5 Å². The average molecular weight is 458 g/mol. The van der Waals surface area contributed by atoms with Gasteiger partial charge in [0.1, 0.15) is 0 Å². The van der Waals surface area contributed by atoms with Crippen molar-refractivity contribution in [1.82, 2.24) is 15.5 Å². The summed E-state index contributed by atoms with van der Waals surface area (Å²) in [6.07, 6.45) is 5.88. The van der Waals surface area contributed by atoms with Crippen LogP contribution >= 0.6 is 24.0 Å². The zero-order valence-corrected chi connectivity index (χ0v) is 17.9. The second-order valence-corrected chi connectivity index (χ2v) is 6.55. The van der Waals surface area contributed by atoms with E-state index in [4.69, 9.17) is 4.99 Å². The zero-order valence-electron chi connectivity index (χ0n) is 15.5. The van der Waals surface area contributed by atoms with E-state index in [-0.39, 0.29) is 36.4 Å². The van der Waals surface area contributed by atoms with Gasteiger partial charge in [0, 0.05) is 20.1 Å². The Morgan fingerprint density at radius 3 is 2.44 bits per heavy atom. The van der Waals surface area contributed by atoms with E-state index < -0.39 is 0 Å². The topological polar surface area (TPSA) is 56.7 Å². The second kappa shape index (κ2) is 11.3. The normalized spacial score (nSPS) is 14.8. The molecule has 1 aromatic rings. The van der Waals surface area contributed by atoms with Crippen molar-refractivity contribution in [3.63, 3.8) is 0 Å². The molecule has 5 nitrogen and oxygen atoms in total. The first-order valence-corrected chi connectivity index (χ1v) is 8.92. The molecule has 0 saturated heterocycles. The van der Waals surface area contributed by atoms with Crippen LogP contribution in [-0.4, -0.2) is 43.4 Å². The predicted molar refractivity (Wildman–Crippen MR) is 114 cm³/mol. The molecule has 6 heteroatoms. The number of halogens is 1. The van der Waals surface area contributed by atoms with Gasteiger partial charge in [-0.15, -0.1) is 24.0 Å². The first-order valence-electron chi connectivity index (χ1n) is 8.92. The van der Waals surface area contributed by atoms with Crippen LogP contribution in [0.15, 0.2) is 29.3 Å². The van der Waals surface area contributed by atoms with Crippen molar-refractivity contribution in [3.8, 4) is 0 Å². The number of aryl methyl sites for hydroxylation is 1. The minimum atomic E-state index is 0. The first-order chi connectivity index (χ1) is 11.6. The Labute approximate surface area is 168 Å². The highest BCUT2D eigenvalue weighted by Gasteiger charge is 2.16. The molecular weight excluding hydrogens is 427 g/mol. The van der Waals surface area contributed by atoms with Gasteiger partial charge in [-0.05, 0) is 30.4 Å². The van der Waals surface area contributed by atoms with E-state index in [0.29, 0.717) is 12.6 Å². The Kier molecular flexibility index (Phi) is 9.85. The van der Waals surface area contributed by atoms with E-state index in [9.17, 15) is 4.79 Å². The smallest absolute Gasteiger partial charge is 0.241 e. The molecule has 1 aliphatic carbocycles. The Balaban J connectivity index is 0.00000312. The fourth-order valence-corrected chi connectivity index (χ4v) is 2.95. The largest absolute Gasteiger partial charge is 0.354 e. The Morgan fingerprint density at radius 1 is 1.20 bits per heavy atom. The van der Waals surface area contributed by atoms with E-state index in [1.165, 1.54) is 36.8 Å². The minimum absolute atomic E-state index is 0. The predicted octanol–water partition coefficient (Wildman–Crippen LogP) is 2.93. The van der Waals surface area contributed by atoms with Gasteiger partial charge in [-0.25, -0.2) is 4.99 Å². The summed E-state index contributed by atoms with van der Waals surface area (Å²) in [5.74, 6) is 0.785. The second-order valence-electron chi connectivity index (χ2n) is 6.55. The summed E-state index contributed by atoms with van der Waals surface area (Å²) in [7, 11) is 3.53. The molecule has 0 bridgehead atoms. The number of nitrogens with zero attached hydrogens (tertiary/aromatic N) is 2. The summed E-state index contributed by atoms with van der Waals surface area (Å²) in [6, 6.07) is 8.86. The third-order valence-corrected chi connectivity index (χ3v) is 4.51. The number of hydrogen-bond acceptors (Lipinski definition) is 2. The van der Waals surface area contributed by atoms with Crippen molar-refractivity contribution in [3.05, 3.63) is 35.4 Å². The summed E-state index contributed by atoms with van der Waals surface area (Å²) in [6.45, 7) is 3.05. The van der Waals surface area contributed by atoms with Crippen LogP contribution in [0.5, 0.6) is 0 Å². The number of carbonyl (C=O) groups is 1. The molecule has 1 aliphatic rings. The summed E-state index contributed by atoms with van der Waals surface area (Å²) in [5.41, 5.74) is 2.57. The van der Waals surface area contributed by atoms with Crippen LogP contribution in [0.4, 0.5) is 0 Å². The Hall–Kier alpha value is -1.31. The van der Waals surface area contributed by atoms with E-state index in [1.54, 1.807) is 19.0 Å². The summed E-state index contributed by atoms with van der Waals surface area (Å²) in [4.78, 5) is 18.2. The maximum Gasteiger partial charge on any atom is 0.241 e. The molecule has 0 heterocycles. The quantitative estimate of drug-likeness (QED) is 0.392. The lowest BCUT2D eigenvalue weighted by atomic mass is 10.1. The van der Waals surface area contributed by atoms with Gasteiger partial charge in [0.25, 0.3) is 0 Å². The van der Waals surface area contributed by atoms with Crippen molar-refractivity contribution in [2.45, 2.75) is 51.6 Å². The molecule has 1 aromatic carbocycles. The number of amides is 1. The Bertz CT molecular complexity index is 568. The Morgan fingerprint density at radius 2 is 1.84 bits per heavy atom.